The summed E-state index contributed by atoms with van der Waals surface area (Å²) in [5, 5.41) is 3.46. The summed E-state index contributed by atoms with van der Waals surface area (Å²) in [7, 11) is -1.23. The summed E-state index contributed by atoms with van der Waals surface area (Å²) in [6.45, 7) is 13.6. The zero-order valence-corrected chi connectivity index (χ0v) is 31.2. The molecule has 3 aromatic carbocycles. The molecule has 7 aromatic rings. The fourth-order valence-electron chi connectivity index (χ4n) is 5.34. The fraction of sp³-hybridized carbons (Fsp3) is 0.195. The van der Waals surface area contributed by atoms with Gasteiger partial charge in [0.25, 0.3) is 0 Å². The Morgan fingerprint density at radius 3 is 2.21 bits per heavy atom. The van der Waals surface area contributed by atoms with E-state index in [0.717, 1.165) is 51.0 Å². The smallest absolute Gasteiger partial charge is 0.216 e. The Hall–Kier alpha value is -4.22. The van der Waals surface area contributed by atoms with Gasteiger partial charge in [0.1, 0.15) is 0 Å². The van der Waals surface area contributed by atoms with E-state index in [0.29, 0.717) is 5.71 Å². The van der Waals surface area contributed by atoms with Gasteiger partial charge in [0.05, 0.1) is 13.7 Å². The van der Waals surface area contributed by atoms with Crippen molar-refractivity contribution in [3.05, 3.63) is 144 Å². The summed E-state index contributed by atoms with van der Waals surface area (Å²) < 4.78 is 6.26. The van der Waals surface area contributed by atoms with Gasteiger partial charge in [-0.25, -0.2) is 4.98 Å². The molecule has 0 amide bonds. The van der Waals surface area contributed by atoms with Crippen LogP contribution in [0.3, 0.4) is 0 Å². The number of pyridine rings is 3. The maximum atomic E-state index is 6.26. The second kappa shape index (κ2) is 14.3. The first kappa shape index (κ1) is 34.1. The number of aromatic nitrogens is 3. The van der Waals surface area contributed by atoms with Crippen LogP contribution >= 0.6 is 0 Å². The van der Waals surface area contributed by atoms with Crippen molar-refractivity contribution in [2.45, 2.75) is 52.2 Å². The quantitative estimate of drug-likeness (QED) is 0.128. The molecule has 239 valence electrons. The van der Waals surface area contributed by atoms with Crippen molar-refractivity contribution in [2.24, 2.45) is 0 Å². The van der Waals surface area contributed by atoms with E-state index >= 15 is 0 Å². The number of hydrogen-bond donors (Lipinski definition) is 0. The van der Waals surface area contributed by atoms with Crippen LogP contribution in [0.25, 0.3) is 44.6 Å². The van der Waals surface area contributed by atoms with Crippen molar-refractivity contribution < 1.29 is 24.5 Å². The van der Waals surface area contributed by atoms with Crippen LogP contribution in [0.4, 0.5) is 0 Å². The van der Waals surface area contributed by atoms with Crippen LogP contribution < -0.4 is 5.19 Å². The first-order valence-corrected chi connectivity index (χ1v) is 19.2. The molecule has 0 fully saturated rings. The third kappa shape index (κ3) is 8.02. The average Bonchev–Trinajstić information content (AvgIpc) is 3.43. The molecule has 0 saturated heterocycles. The molecular weight excluding hydrogens is 771 g/mol. The maximum absolute atomic E-state index is 6.26. The van der Waals surface area contributed by atoms with Crippen molar-refractivity contribution >= 4 is 35.3 Å². The molecule has 0 aliphatic heterocycles. The molecule has 0 saturated carbocycles. The average molecular weight is 810 g/mol. The van der Waals surface area contributed by atoms with Crippen LogP contribution in [0.15, 0.2) is 120 Å². The fourth-order valence-corrected chi connectivity index (χ4v) is 6.37. The third-order valence-corrected chi connectivity index (χ3v) is 10.1. The van der Waals surface area contributed by atoms with E-state index < -0.39 is 8.07 Å². The van der Waals surface area contributed by atoms with E-state index in [1.165, 1.54) is 16.3 Å². The summed E-state index contributed by atoms with van der Waals surface area (Å²) >= 11 is 0. The zero-order chi connectivity index (χ0) is 32.3. The molecule has 47 heavy (non-hydrogen) atoms. The van der Waals surface area contributed by atoms with E-state index in [1.54, 1.807) is 0 Å². The number of hydrogen-bond acceptors (Lipinski definition) is 4. The SMILES string of the molecule is CC(C)(C)c1ccnc(-c2[c-]ccc3c2oc2nc(Cc4ccccc4)ccc23)c1.C[Si](C)(C)c1ccc(-c2[c-]cccc2)nc1.[Ir]. The third-order valence-electron chi connectivity index (χ3n) is 8.08. The van der Waals surface area contributed by atoms with Crippen LogP contribution in [0.2, 0.25) is 19.6 Å². The largest absolute Gasteiger partial charge is 0.486 e. The molecule has 6 heteroatoms. The molecule has 1 radical (unpaired) electrons. The van der Waals surface area contributed by atoms with Gasteiger partial charge in [-0.3, -0.25) is 0 Å². The van der Waals surface area contributed by atoms with Crippen LogP contribution in [0.1, 0.15) is 37.6 Å². The Labute approximate surface area is 292 Å². The van der Waals surface area contributed by atoms with E-state index in [1.807, 2.05) is 54.9 Å². The Morgan fingerprint density at radius 1 is 0.745 bits per heavy atom. The monoisotopic (exact) mass is 810 g/mol. The Bertz CT molecular complexity index is 2080. The zero-order valence-electron chi connectivity index (χ0n) is 27.8. The molecule has 0 atom stereocenters. The molecule has 0 unspecified atom stereocenters. The van der Waals surface area contributed by atoms with Gasteiger partial charge in [-0.05, 0) is 51.3 Å². The minimum atomic E-state index is -1.23. The molecule has 4 aromatic heterocycles. The first-order valence-electron chi connectivity index (χ1n) is 15.7. The second-order valence-electron chi connectivity index (χ2n) is 13.7. The topological polar surface area (TPSA) is 51.8 Å². The summed E-state index contributed by atoms with van der Waals surface area (Å²) in [6.07, 6.45) is 4.66. The van der Waals surface area contributed by atoms with Crippen LogP contribution in [-0.4, -0.2) is 23.0 Å². The van der Waals surface area contributed by atoms with Gasteiger partial charge in [0, 0.05) is 50.0 Å². The van der Waals surface area contributed by atoms with Gasteiger partial charge in [-0.15, -0.1) is 54.1 Å². The summed E-state index contributed by atoms with van der Waals surface area (Å²) in [5.74, 6) is 0. The molecule has 7 rings (SSSR count). The van der Waals surface area contributed by atoms with Gasteiger partial charge < -0.3 is 14.4 Å². The predicted octanol–water partition coefficient (Wildman–Crippen LogP) is 9.82. The Balaban J connectivity index is 0.000000217. The van der Waals surface area contributed by atoms with Crippen molar-refractivity contribution in [3.8, 4) is 22.5 Å². The van der Waals surface area contributed by atoms with Crippen molar-refractivity contribution in [1.29, 1.82) is 0 Å². The van der Waals surface area contributed by atoms with Gasteiger partial charge >= 0.3 is 0 Å². The number of nitrogens with zero attached hydrogens (tertiary/aromatic N) is 3. The van der Waals surface area contributed by atoms with Crippen molar-refractivity contribution in [3.63, 3.8) is 0 Å². The van der Waals surface area contributed by atoms with Crippen LogP contribution in [-0.2, 0) is 31.9 Å². The van der Waals surface area contributed by atoms with Crippen molar-refractivity contribution in [2.75, 3.05) is 0 Å². The van der Waals surface area contributed by atoms with E-state index in [4.69, 9.17) is 9.40 Å². The number of furan rings is 1. The second-order valence-corrected chi connectivity index (χ2v) is 18.7. The van der Waals surface area contributed by atoms with E-state index in [-0.39, 0.29) is 25.5 Å². The Kier molecular flexibility index (Phi) is 10.4. The van der Waals surface area contributed by atoms with Crippen molar-refractivity contribution in [1.82, 2.24) is 15.0 Å². The number of rotatable bonds is 5. The molecule has 4 nitrogen and oxygen atoms in total. The number of fused-ring (bicyclic) bond motifs is 3. The molecule has 0 aliphatic carbocycles. The van der Waals surface area contributed by atoms with Crippen LogP contribution in [0.5, 0.6) is 0 Å². The normalized spacial score (nSPS) is 11.5. The van der Waals surface area contributed by atoms with Gasteiger partial charge in [-0.1, -0.05) is 99.9 Å². The Morgan fingerprint density at radius 2 is 1.53 bits per heavy atom. The van der Waals surface area contributed by atoms with Gasteiger partial charge in [-0.2, -0.15) is 0 Å². The molecule has 0 spiro atoms. The summed E-state index contributed by atoms with van der Waals surface area (Å²) in [6, 6.07) is 41.5. The minimum absolute atomic E-state index is 0. The predicted molar refractivity (Wildman–Crippen MR) is 193 cm³/mol. The van der Waals surface area contributed by atoms with E-state index in [2.05, 4.69) is 123 Å². The molecule has 4 heterocycles. The summed E-state index contributed by atoms with van der Waals surface area (Å²) in [5.41, 5.74) is 8.76. The maximum Gasteiger partial charge on any atom is 0.216 e. The van der Waals surface area contributed by atoms with Gasteiger partial charge in [0.2, 0.25) is 5.71 Å². The van der Waals surface area contributed by atoms with Crippen LogP contribution in [0, 0.1) is 12.1 Å². The van der Waals surface area contributed by atoms with E-state index in [9.17, 15) is 0 Å². The molecule has 0 bridgehead atoms. The summed E-state index contributed by atoms with van der Waals surface area (Å²) in [4.78, 5) is 13.9. The van der Waals surface area contributed by atoms with Gasteiger partial charge in [0.15, 0.2) is 0 Å². The first-order chi connectivity index (χ1) is 22.1. The molecule has 0 aliphatic rings. The standard InChI is InChI=1S/C27H23N2O.C14H16NSi.Ir/c1-27(2,3)19-14-15-28-24(17-19)23-11-7-10-21-22-13-12-20(29-26(22)30-25(21)23)16-18-8-5-4-6-9-18;1-16(2,3)13-9-10-14(15-11-13)12-7-5-4-6-8-12;/h4-10,12-15,17H,16H2,1-3H3;4-7,9-11H,1-3H3;/q2*-1;. The minimum Gasteiger partial charge on any atom is -0.486 e. The number of benzene rings is 3. The molecular formula is C41H39IrN3OSi-2. The molecule has 0 N–H and O–H groups in total.